The van der Waals surface area contributed by atoms with Crippen molar-refractivity contribution in [2.45, 2.75) is 0 Å². The molecule has 10 heavy (non-hydrogen) atoms. The molecule has 0 aliphatic carbocycles. The third kappa shape index (κ3) is 568. The summed E-state index contributed by atoms with van der Waals surface area (Å²) in [5, 5.41) is 0. The number of rotatable bonds is 0. The number of hydrogen-bond acceptors (Lipinski definition) is 0. The zero-order valence-electron chi connectivity index (χ0n) is 3.85. The first-order chi connectivity index (χ1) is 3.86. The van der Waals surface area contributed by atoms with Gasteiger partial charge in [-0.1, -0.05) is 0 Å². The van der Waals surface area contributed by atoms with Gasteiger partial charge in [-0.15, -0.1) is 0 Å². The third-order valence-corrected chi connectivity index (χ3v) is 0. The maximum atomic E-state index is 9.91. The van der Waals surface area contributed by atoms with E-state index in [0.29, 0.717) is 0 Å². The molecule has 0 aliphatic rings. The average molecular weight is 295 g/mol. The molecule has 0 amide bonds. The van der Waals surface area contributed by atoms with E-state index in [-0.39, 0.29) is 0 Å². The van der Waals surface area contributed by atoms with E-state index in [1.165, 1.54) is 0 Å². The van der Waals surface area contributed by atoms with Crippen LogP contribution in [0.2, 0.25) is 0 Å². The molecule has 0 aromatic heterocycles. The summed E-state index contributed by atoms with van der Waals surface area (Å²) < 4.78 is 59.4. The van der Waals surface area contributed by atoms with Crippen molar-refractivity contribution in [3.8, 4) is 0 Å². The molecule has 0 radical (unpaired) electrons. The standard InChI is InChI=1S/AsF6.Cl3/c2-1(3,4,5,6)7;1-3-2/q-1;+1. The molecule has 0 N–H and O–H groups in total. The van der Waals surface area contributed by atoms with Crippen LogP contribution in [0, 0.1) is 9.30 Å². The second-order valence-corrected chi connectivity index (χ2v) is 6.44. The minimum absolute atomic E-state index is 1.03. The zero-order valence-corrected chi connectivity index (χ0v) is 7.99. The SMILES string of the molecule is Cl[Cl+]Cl.F[As-](F)(F)(F)(F)F. The summed E-state index contributed by atoms with van der Waals surface area (Å²) in [4.78, 5) is 0. The first-order valence-electron chi connectivity index (χ1n) is 1.30. The van der Waals surface area contributed by atoms with E-state index >= 15 is 0 Å². The van der Waals surface area contributed by atoms with Crippen LogP contribution in [0.4, 0.5) is 20.8 Å². The van der Waals surface area contributed by atoms with Gasteiger partial charge in [-0.25, -0.2) is 0 Å². The van der Waals surface area contributed by atoms with E-state index in [2.05, 4.69) is 21.7 Å². The van der Waals surface area contributed by atoms with Gasteiger partial charge in [-0.2, -0.15) is 0 Å². The van der Waals surface area contributed by atoms with Crippen molar-refractivity contribution in [3.63, 3.8) is 0 Å². The summed E-state index contributed by atoms with van der Waals surface area (Å²) in [7, 11) is 10.3. The Bertz CT molecular complexity index is 82.4. The molecule has 0 rings (SSSR count). The molecule has 0 aromatic rings. The first-order valence-corrected chi connectivity index (χ1v) is 7.84. The van der Waals surface area contributed by atoms with Gasteiger partial charge >= 0.3 is 44.3 Å². The molecule has 0 aromatic carbocycles. The molecule has 0 bridgehead atoms. The third-order valence-electron chi connectivity index (χ3n) is 0. The van der Waals surface area contributed by atoms with Gasteiger partial charge in [0, 0.05) is 0 Å². The molecule has 0 spiro atoms. The van der Waals surface area contributed by atoms with Crippen LogP contribution < -0.4 is 0 Å². The predicted octanol–water partition coefficient (Wildman–Crippen LogP) is 3.52. The Morgan fingerprint density at radius 3 is 0.800 bits per heavy atom. The molecule has 0 nitrogen and oxygen atoms in total. The van der Waals surface area contributed by atoms with E-state index in [4.69, 9.17) is 0 Å². The summed E-state index contributed by atoms with van der Waals surface area (Å²) >= 11 is -11.1. The minimum atomic E-state index is -11.1. The van der Waals surface area contributed by atoms with E-state index in [9.17, 15) is 20.8 Å². The monoisotopic (exact) mass is 294 g/mol. The van der Waals surface area contributed by atoms with Gasteiger partial charge in [0.2, 0.25) is 0 Å². The van der Waals surface area contributed by atoms with Crippen LogP contribution in [-0.4, -0.2) is 14.2 Å². The summed E-state index contributed by atoms with van der Waals surface area (Å²) in [6, 6.07) is 0. The van der Waals surface area contributed by atoms with Gasteiger partial charge < -0.3 is 0 Å². The number of hydrogen-bond donors (Lipinski definition) is 0. The fourth-order valence-electron chi connectivity index (χ4n) is 0. The van der Waals surface area contributed by atoms with Gasteiger partial charge in [0.25, 0.3) is 21.7 Å². The van der Waals surface area contributed by atoms with Crippen molar-refractivity contribution in [1.82, 2.24) is 0 Å². The van der Waals surface area contributed by atoms with Crippen molar-refractivity contribution in [2.75, 3.05) is 0 Å². The predicted molar refractivity (Wildman–Crippen MR) is 24.1 cm³/mol. The topological polar surface area (TPSA) is 0 Å². The molecular formula is AsCl3F6. The molecule has 0 unspecified atom stereocenters. The van der Waals surface area contributed by atoms with Crippen LogP contribution >= 0.6 is 21.7 Å². The van der Waals surface area contributed by atoms with Crippen LogP contribution in [0.25, 0.3) is 0 Å². The van der Waals surface area contributed by atoms with Crippen LogP contribution in [0.5, 0.6) is 0 Å². The van der Waals surface area contributed by atoms with E-state index in [1.807, 2.05) is 0 Å². The molecule has 68 valence electrons. The summed E-state index contributed by atoms with van der Waals surface area (Å²) in [5.41, 5.74) is 0. The van der Waals surface area contributed by atoms with Gasteiger partial charge in [-0.05, 0) is 0 Å². The fraction of sp³-hybridized carbons (Fsp3) is 0. The molecule has 0 heterocycles. The van der Waals surface area contributed by atoms with Crippen molar-refractivity contribution >= 4 is 35.9 Å². The quantitative estimate of drug-likeness (QED) is 0.474. The Labute approximate surface area is 66.2 Å². The Hall–Kier alpha value is 1.01. The van der Waals surface area contributed by atoms with Gasteiger partial charge in [0.05, 0.1) is 0 Å². The summed E-state index contributed by atoms with van der Waals surface area (Å²) in [6.07, 6.45) is 0. The maximum absolute atomic E-state index is 11.1. The number of halogens is 9. The molecule has 0 atom stereocenters. The van der Waals surface area contributed by atoms with Crippen LogP contribution in [0.1, 0.15) is 0 Å². The molecule has 0 aliphatic heterocycles. The van der Waals surface area contributed by atoms with Gasteiger partial charge in [-0.3, -0.25) is 0 Å². The molecule has 0 saturated heterocycles. The average Bonchev–Trinajstić information content (AvgIpc) is 1.20. The van der Waals surface area contributed by atoms with Crippen molar-refractivity contribution < 1.29 is 30.1 Å². The molecule has 0 fully saturated rings. The Balaban J connectivity index is 0. The Kier molecular flexibility index (Phi) is 3.82. The van der Waals surface area contributed by atoms with Gasteiger partial charge in [0.15, 0.2) is 0 Å². The second-order valence-electron chi connectivity index (χ2n) is 1.01. The van der Waals surface area contributed by atoms with Crippen LogP contribution in [0.15, 0.2) is 0 Å². The van der Waals surface area contributed by atoms with Crippen molar-refractivity contribution in [2.24, 2.45) is 0 Å². The molecule has 10 heteroatoms. The Morgan fingerprint density at radius 2 is 0.800 bits per heavy atom. The fourth-order valence-corrected chi connectivity index (χ4v) is 0. The van der Waals surface area contributed by atoms with E-state index < -0.39 is 14.2 Å². The zero-order chi connectivity index (χ0) is 9.12. The molecular weight excluding hydrogens is 295 g/mol. The van der Waals surface area contributed by atoms with Gasteiger partial charge in [0.1, 0.15) is 0 Å². The first kappa shape index (κ1) is 13.6. The van der Waals surface area contributed by atoms with E-state index in [1.54, 1.807) is 0 Å². The van der Waals surface area contributed by atoms with Crippen molar-refractivity contribution in [1.29, 1.82) is 0 Å². The van der Waals surface area contributed by atoms with Crippen molar-refractivity contribution in [3.05, 3.63) is 0 Å². The van der Waals surface area contributed by atoms with Crippen LogP contribution in [0.3, 0.4) is 0 Å². The second kappa shape index (κ2) is 2.81. The van der Waals surface area contributed by atoms with E-state index in [0.717, 1.165) is 9.30 Å². The Morgan fingerprint density at radius 1 is 0.800 bits per heavy atom. The summed E-state index contributed by atoms with van der Waals surface area (Å²) in [6.45, 7) is 0. The molecule has 0 saturated carbocycles. The van der Waals surface area contributed by atoms with Crippen LogP contribution in [-0.2, 0) is 0 Å². The normalized spacial score (nSPS) is 18.0. The summed E-state index contributed by atoms with van der Waals surface area (Å²) in [5.74, 6) is 0.